The first-order valence-corrected chi connectivity index (χ1v) is 8.54. The standard InChI is InChI=1S/C20H16F3N3O3/c1-13-6-8-14(9-7-13)16-10-19(28,20(21,22)23)26(25-16)18(27)12-29-17-5-3-2-4-15(17)11-24/h2-9,28H,10,12H2,1H3/t19-/m0/s1. The number of ether oxygens (including phenoxy) is 1. The van der Waals surface area contributed by atoms with Gasteiger partial charge in [-0.15, -0.1) is 0 Å². The summed E-state index contributed by atoms with van der Waals surface area (Å²) in [5.41, 5.74) is -2.17. The lowest BCUT2D eigenvalue weighted by Gasteiger charge is -2.32. The van der Waals surface area contributed by atoms with Gasteiger partial charge in [-0.25, -0.2) is 0 Å². The lowest BCUT2D eigenvalue weighted by Crippen LogP contribution is -2.57. The molecular formula is C20H16F3N3O3. The number of alkyl halides is 3. The first-order valence-electron chi connectivity index (χ1n) is 8.54. The van der Waals surface area contributed by atoms with E-state index in [1.165, 1.54) is 12.1 Å². The molecule has 0 spiro atoms. The second-order valence-electron chi connectivity index (χ2n) is 6.51. The van der Waals surface area contributed by atoms with Gasteiger partial charge >= 0.3 is 6.18 Å². The molecule has 6 nitrogen and oxygen atoms in total. The molecule has 2 aromatic rings. The highest BCUT2D eigenvalue weighted by Gasteiger charge is 2.63. The van der Waals surface area contributed by atoms with Gasteiger partial charge in [0.2, 0.25) is 0 Å². The summed E-state index contributed by atoms with van der Waals surface area (Å²) in [6.07, 6.45) is -6.04. The minimum Gasteiger partial charge on any atom is -0.482 e. The number of carbonyl (C=O) groups excluding carboxylic acids is 1. The fourth-order valence-corrected chi connectivity index (χ4v) is 2.82. The molecule has 2 aromatic carbocycles. The minimum absolute atomic E-state index is 0.0111. The molecule has 29 heavy (non-hydrogen) atoms. The van der Waals surface area contributed by atoms with Crippen molar-refractivity contribution in [3.63, 3.8) is 0 Å². The Hall–Kier alpha value is -3.38. The van der Waals surface area contributed by atoms with E-state index in [-0.39, 0.29) is 22.0 Å². The van der Waals surface area contributed by atoms with E-state index in [4.69, 9.17) is 10.00 Å². The molecule has 1 amide bonds. The Balaban J connectivity index is 1.87. The van der Waals surface area contributed by atoms with Crippen molar-refractivity contribution in [2.45, 2.75) is 25.2 Å². The summed E-state index contributed by atoms with van der Waals surface area (Å²) < 4.78 is 46.0. The zero-order valence-corrected chi connectivity index (χ0v) is 15.3. The topological polar surface area (TPSA) is 85.9 Å². The van der Waals surface area contributed by atoms with Crippen LogP contribution in [0.4, 0.5) is 13.2 Å². The molecule has 0 radical (unpaired) electrons. The number of para-hydroxylation sites is 1. The molecule has 0 fully saturated rings. The van der Waals surface area contributed by atoms with Crippen LogP contribution in [0.1, 0.15) is 23.1 Å². The largest absolute Gasteiger partial charge is 0.482 e. The molecule has 0 bridgehead atoms. The molecule has 1 heterocycles. The maximum atomic E-state index is 13.6. The van der Waals surface area contributed by atoms with Crippen molar-refractivity contribution in [2.75, 3.05) is 6.61 Å². The van der Waals surface area contributed by atoms with Crippen LogP contribution in [0.2, 0.25) is 0 Å². The van der Waals surface area contributed by atoms with E-state index in [0.717, 1.165) is 5.56 Å². The molecule has 0 saturated carbocycles. The Morgan fingerprint density at radius 2 is 1.93 bits per heavy atom. The number of halogens is 3. The second-order valence-corrected chi connectivity index (χ2v) is 6.51. The van der Waals surface area contributed by atoms with Crippen LogP contribution in [0, 0.1) is 18.3 Å². The van der Waals surface area contributed by atoms with Crippen LogP contribution < -0.4 is 4.74 Å². The van der Waals surface area contributed by atoms with Crippen molar-refractivity contribution in [1.82, 2.24) is 5.01 Å². The average Bonchev–Trinajstić information content (AvgIpc) is 3.06. The van der Waals surface area contributed by atoms with E-state index in [1.807, 2.05) is 13.0 Å². The van der Waals surface area contributed by atoms with Gasteiger partial charge in [-0.05, 0) is 24.6 Å². The highest BCUT2D eigenvalue weighted by atomic mass is 19.4. The van der Waals surface area contributed by atoms with Crippen molar-refractivity contribution < 1.29 is 27.8 Å². The van der Waals surface area contributed by atoms with Crippen LogP contribution in [0.5, 0.6) is 5.75 Å². The summed E-state index contributed by atoms with van der Waals surface area (Å²) in [5.74, 6) is -1.15. The molecule has 0 unspecified atom stereocenters. The summed E-state index contributed by atoms with van der Waals surface area (Å²) in [7, 11) is 0. The number of nitrogens with zero attached hydrogens (tertiary/aromatic N) is 3. The third-order valence-electron chi connectivity index (χ3n) is 4.42. The number of amides is 1. The maximum absolute atomic E-state index is 13.6. The second kappa shape index (κ2) is 7.56. The van der Waals surface area contributed by atoms with E-state index in [0.29, 0.717) is 5.56 Å². The summed E-state index contributed by atoms with van der Waals surface area (Å²) in [6.45, 7) is 0.986. The Morgan fingerprint density at radius 1 is 1.28 bits per heavy atom. The van der Waals surface area contributed by atoms with Crippen molar-refractivity contribution in [1.29, 1.82) is 5.26 Å². The lowest BCUT2D eigenvalue weighted by molar-refractivity contribution is -0.302. The van der Waals surface area contributed by atoms with E-state index in [1.54, 1.807) is 36.4 Å². The number of carbonyl (C=O) groups is 1. The molecule has 1 aliphatic heterocycles. The van der Waals surface area contributed by atoms with Gasteiger partial charge in [0.1, 0.15) is 11.8 Å². The van der Waals surface area contributed by atoms with E-state index in [9.17, 15) is 23.1 Å². The number of aliphatic hydroxyl groups is 1. The highest BCUT2D eigenvalue weighted by Crippen LogP contribution is 2.41. The predicted molar refractivity (Wildman–Crippen MR) is 96.8 cm³/mol. The van der Waals surface area contributed by atoms with Gasteiger partial charge in [0.25, 0.3) is 11.6 Å². The maximum Gasteiger partial charge on any atom is 0.438 e. The predicted octanol–water partition coefficient (Wildman–Crippen LogP) is 3.13. The Kier molecular flexibility index (Phi) is 5.31. The Bertz CT molecular complexity index is 997. The number of hydrogen-bond acceptors (Lipinski definition) is 5. The van der Waals surface area contributed by atoms with Crippen molar-refractivity contribution in [2.24, 2.45) is 5.10 Å². The van der Waals surface area contributed by atoms with Crippen LogP contribution in [0.3, 0.4) is 0 Å². The summed E-state index contributed by atoms with van der Waals surface area (Å²) >= 11 is 0. The van der Waals surface area contributed by atoms with Gasteiger partial charge in [-0.3, -0.25) is 4.79 Å². The third kappa shape index (κ3) is 3.93. The van der Waals surface area contributed by atoms with Gasteiger partial charge in [-0.2, -0.15) is 28.5 Å². The summed E-state index contributed by atoms with van der Waals surface area (Å²) in [5, 5.41) is 23.1. The number of nitriles is 1. The fourth-order valence-electron chi connectivity index (χ4n) is 2.82. The molecule has 9 heteroatoms. The van der Waals surface area contributed by atoms with Crippen LogP contribution in [0.15, 0.2) is 53.6 Å². The van der Waals surface area contributed by atoms with Crippen LogP contribution in [-0.2, 0) is 4.79 Å². The fraction of sp³-hybridized carbons (Fsp3) is 0.250. The molecule has 0 aromatic heterocycles. The smallest absolute Gasteiger partial charge is 0.438 e. The van der Waals surface area contributed by atoms with Crippen LogP contribution in [-0.4, -0.2) is 40.2 Å². The highest BCUT2D eigenvalue weighted by molar-refractivity contribution is 6.03. The summed E-state index contributed by atoms with van der Waals surface area (Å²) in [4.78, 5) is 12.5. The molecule has 150 valence electrons. The molecule has 1 N–H and O–H groups in total. The van der Waals surface area contributed by atoms with Crippen LogP contribution >= 0.6 is 0 Å². The number of aryl methyl sites for hydroxylation is 1. The van der Waals surface area contributed by atoms with E-state index < -0.39 is 30.8 Å². The van der Waals surface area contributed by atoms with Gasteiger partial charge in [0.15, 0.2) is 6.61 Å². The number of benzene rings is 2. The number of rotatable bonds is 4. The van der Waals surface area contributed by atoms with Crippen molar-refractivity contribution >= 4 is 11.6 Å². The third-order valence-corrected chi connectivity index (χ3v) is 4.42. The lowest BCUT2D eigenvalue weighted by atomic mass is 10.00. The number of hydrogen-bond donors (Lipinski definition) is 1. The molecule has 1 aliphatic rings. The average molecular weight is 403 g/mol. The van der Waals surface area contributed by atoms with Gasteiger partial charge in [0.05, 0.1) is 17.7 Å². The molecular weight excluding hydrogens is 387 g/mol. The zero-order valence-electron chi connectivity index (χ0n) is 15.3. The normalized spacial score (nSPS) is 18.9. The summed E-state index contributed by atoms with van der Waals surface area (Å²) in [6, 6.07) is 14.4. The number of hydrazone groups is 1. The van der Waals surface area contributed by atoms with Gasteiger partial charge < -0.3 is 9.84 Å². The zero-order chi connectivity index (χ0) is 21.2. The first-order chi connectivity index (χ1) is 13.7. The molecule has 0 aliphatic carbocycles. The van der Waals surface area contributed by atoms with Gasteiger partial charge in [-0.1, -0.05) is 42.0 Å². The first kappa shape index (κ1) is 20.4. The van der Waals surface area contributed by atoms with Crippen molar-refractivity contribution in [3.8, 4) is 11.8 Å². The van der Waals surface area contributed by atoms with E-state index >= 15 is 0 Å². The monoisotopic (exact) mass is 403 g/mol. The Morgan fingerprint density at radius 3 is 2.55 bits per heavy atom. The van der Waals surface area contributed by atoms with Crippen molar-refractivity contribution in [3.05, 3.63) is 65.2 Å². The molecule has 0 saturated heterocycles. The SMILES string of the molecule is Cc1ccc(C2=NN(C(=O)COc3ccccc3C#N)[C@@](O)(C(F)(F)F)C2)cc1. The quantitative estimate of drug-likeness (QED) is 0.850. The molecule has 1 atom stereocenters. The molecule has 3 rings (SSSR count). The Labute approximate surface area is 164 Å². The van der Waals surface area contributed by atoms with Crippen LogP contribution in [0.25, 0.3) is 0 Å². The van der Waals surface area contributed by atoms with E-state index in [2.05, 4.69) is 5.10 Å². The van der Waals surface area contributed by atoms with Gasteiger partial charge in [0, 0.05) is 0 Å². The minimum atomic E-state index is -5.14.